The molecule has 0 bridgehead atoms. The second kappa shape index (κ2) is 5.23. The van der Waals surface area contributed by atoms with Gasteiger partial charge in [-0.3, -0.25) is 0 Å². The van der Waals surface area contributed by atoms with Crippen LogP contribution in [0, 0.1) is 0 Å². The van der Waals surface area contributed by atoms with Gasteiger partial charge in [-0.25, -0.2) is 0 Å². The molecular formula is C14H11ClINS. The third-order valence-electron chi connectivity index (χ3n) is 2.86. The fourth-order valence-electron chi connectivity index (χ4n) is 1.99. The van der Waals surface area contributed by atoms with Gasteiger partial charge in [0, 0.05) is 37.2 Å². The molecule has 1 unspecified atom stereocenters. The van der Waals surface area contributed by atoms with E-state index < -0.39 is 0 Å². The van der Waals surface area contributed by atoms with E-state index in [4.69, 9.17) is 11.6 Å². The predicted molar refractivity (Wildman–Crippen MR) is 90.9 cm³/mol. The van der Waals surface area contributed by atoms with Gasteiger partial charge in [-0.2, -0.15) is 0 Å². The average Bonchev–Trinajstić information content (AvgIpc) is 2.67. The van der Waals surface area contributed by atoms with Gasteiger partial charge in [0.05, 0.1) is 12.2 Å². The molecular weight excluding hydrogens is 377 g/mol. The Hall–Kier alpha value is -0.520. The van der Waals surface area contributed by atoms with Gasteiger partial charge in [0.25, 0.3) is 0 Å². The lowest BCUT2D eigenvalue weighted by molar-refractivity contribution is 1.06. The van der Waals surface area contributed by atoms with Crippen LogP contribution in [0.5, 0.6) is 0 Å². The first kappa shape index (κ1) is 12.5. The summed E-state index contributed by atoms with van der Waals surface area (Å²) >= 11 is 8.58. The van der Waals surface area contributed by atoms with Crippen LogP contribution in [-0.4, -0.2) is 5.37 Å². The standard InChI is InChI=1S/C14H11ClINS/c15-13-7-6-12-10-18(16)17(14(12)8-13)9-11-4-2-1-3-5-11/h1-8,10H,9H2. The van der Waals surface area contributed by atoms with E-state index in [0.29, 0.717) is 0 Å². The molecule has 2 aromatic carbocycles. The molecule has 1 heterocycles. The van der Waals surface area contributed by atoms with Gasteiger partial charge in [0.2, 0.25) is 0 Å². The SMILES string of the molecule is Clc1ccc2c(c1)N(Cc1ccccc1)S(I)=C2. The van der Waals surface area contributed by atoms with E-state index in [2.05, 4.69) is 67.3 Å². The van der Waals surface area contributed by atoms with E-state index in [1.54, 1.807) is 0 Å². The highest BCUT2D eigenvalue weighted by Gasteiger charge is 2.19. The largest absolute Gasteiger partial charge is 0.309 e. The number of rotatable bonds is 2. The molecule has 0 saturated carbocycles. The number of halogens is 2. The van der Waals surface area contributed by atoms with E-state index in [9.17, 15) is 0 Å². The molecule has 0 spiro atoms. The predicted octanol–water partition coefficient (Wildman–Crippen LogP) is 5.04. The molecule has 1 atom stereocenters. The topological polar surface area (TPSA) is 3.24 Å². The Balaban J connectivity index is 1.95. The zero-order chi connectivity index (χ0) is 12.5. The minimum atomic E-state index is 0.104. The molecule has 0 aliphatic carbocycles. The number of fused-ring (bicyclic) bond motifs is 1. The van der Waals surface area contributed by atoms with Gasteiger partial charge < -0.3 is 4.31 Å². The molecule has 0 fully saturated rings. The van der Waals surface area contributed by atoms with Crippen molar-refractivity contribution in [2.75, 3.05) is 4.31 Å². The van der Waals surface area contributed by atoms with Crippen molar-refractivity contribution in [2.45, 2.75) is 6.54 Å². The molecule has 1 nitrogen and oxygen atoms in total. The molecule has 1 aliphatic heterocycles. The zero-order valence-electron chi connectivity index (χ0n) is 9.51. The monoisotopic (exact) mass is 387 g/mol. The molecule has 0 N–H and O–H groups in total. The molecule has 2 aromatic rings. The third-order valence-corrected chi connectivity index (χ3v) is 6.48. The van der Waals surface area contributed by atoms with E-state index in [0.717, 1.165) is 11.6 Å². The number of anilines is 1. The lowest BCUT2D eigenvalue weighted by atomic mass is 10.2. The van der Waals surface area contributed by atoms with Gasteiger partial charge in [-0.15, -0.1) is 0 Å². The van der Waals surface area contributed by atoms with Crippen LogP contribution >= 0.6 is 40.6 Å². The van der Waals surface area contributed by atoms with Crippen LogP contribution in [0.3, 0.4) is 0 Å². The smallest absolute Gasteiger partial charge is 0.0568 e. The quantitative estimate of drug-likeness (QED) is 0.515. The molecule has 0 radical (unpaired) electrons. The van der Waals surface area contributed by atoms with Crippen molar-refractivity contribution in [3.8, 4) is 0 Å². The van der Waals surface area contributed by atoms with Crippen molar-refractivity contribution < 1.29 is 0 Å². The van der Waals surface area contributed by atoms with Crippen LogP contribution < -0.4 is 4.31 Å². The highest BCUT2D eigenvalue weighted by atomic mass is 127. The molecule has 1 aliphatic rings. The molecule has 3 rings (SSSR count). The van der Waals surface area contributed by atoms with Crippen molar-refractivity contribution in [1.82, 2.24) is 0 Å². The maximum Gasteiger partial charge on any atom is 0.0568 e. The second-order valence-corrected chi connectivity index (χ2v) is 8.45. The van der Waals surface area contributed by atoms with Crippen LogP contribution in [0.1, 0.15) is 11.1 Å². The van der Waals surface area contributed by atoms with Crippen LogP contribution in [0.2, 0.25) is 5.02 Å². The van der Waals surface area contributed by atoms with Crippen LogP contribution in [0.15, 0.2) is 48.5 Å². The Morgan fingerprint density at radius 1 is 1.11 bits per heavy atom. The minimum Gasteiger partial charge on any atom is -0.309 e. The van der Waals surface area contributed by atoms with Crippen LogP contribution in [0.25, 0.3) is 0 Å². The summed E-state index contributed by atoms with van der Waals surface area (Å²) in [7, 11) is 0.104. The summed E-state index contributed by atoms with van der Waals surface area (Å²) in [5.74, 6) is 0. The number of benzene rings is 2. The lowest BCUT2D eigenvalue weighted by Crippen LogP contribution is -2.11. The summed E-state index contributed by atoms with van der Waals surface area (Å²) in [5, 5.41) is 3.10. The Kier molecular flexibility index (Phi) is 3.63. The van der Waals surface area contributed by atoms with Gasteiger partial charge in [0.15, 0.2) is 0 Å². The minimum absolute atomic E-state index is 0.104. The fraction of sp³-hybridized carbons (Fsp3) is 0.0714. The van der Waals surface area contributed by atoms with Crippen LogP contribution in [0.4, 0.5) is 5.69 Å². The Morgan fingerprint density at radius 3 is 2.67 bits per heavy atom. The summed E-state index contributed by atoms with van der Waals surface area (Å²) in [6.45, 7) is 0.927. The van der Waals surface area contributed by atoms with Crippen molar-refractivity contribution in [2.24, 2.45) is 0 Å². The molecule has 4 heteroatoms. The number of hydrogen-bond acceptors (Lipinski definition) is 1. The maximum absolute atomic E-state index is 6.10. The van der Waals surface area contributed by atoms with Crippen molar-refractivity contribution in [3.63, 3.8) is 0 Å². The van der Waals surface area contributed by atoms with Gasteiger partial charge in [-0.05, 0) is 25.5 Å². The van der Waals surface area contributed by atoms with Crippen LogP contribution in [-0.2, 0) is 6.54 Å². The first-order chi connectivity index (χ1) is 8.74. The van der Waals surface area contributed by atoms with Crippen molar-refractivity contribution in [1.29, 1.82) is 0 Å². The van der Waals surface area contributed by atoms with Gasteiger partial charge in [-0.1, -0.05) is 48.0 Å². The fourth-order valence-corrected chi connectivity index (χ4v) is 5.19. The second-order valence-electron chi connectivity index (χ2n) is 4.11. The third kappa shape index (κ3) is 2.44. The Labute approximate surface area is 126 Å². The zero-order valence-corrected chi connectivity index (χ0v) is 13.2. The Morgan fingerprint density at radius 2 is 1.89 bits per heavy atom. The van der Waals surface area contributed by atoms with Crippen molar-refractivity contribution >= 4 is 51.7 Å². The molecule has 18 heavy (non-hydrogen) atoms. The van der Waals surface area contributed by atoms with E-state index in [1.165, 1.54) is 16.8 Å². The highest BCUT2D eigenvalue weighted by molar-refractivity contribution is 14.2. The van der Waals surface area contributed by atoms with Gasteiger partial charge >= 0.3 is 0 Å². The molecule has 0 amide bonds. The summed E-state index contributed by atoms with van der Waals surface area (Å²) in [6.07, 6.45) is 0. The van der Waals surface area contributed by atoms with Crippen molar-refractivity contribution in [3.05, 3.63) is 64.7 Å². The lowest BCUT2D eigenvalue weighted by Gasteiger charge is -2.21. The van der Waals surface area contributed by atoms with E-state index >= 15 is 0 Å². The molecule has 92 valence electrons. The normalized spacial score (nSPS) is 17.4. The maximum atomic E-state index is 6.10. The summed E-state index contributed by atoms with van der Waals surface area (Å²) in [4.78, 5) is 0. The summed E-state index contributed by atoms with van der Waals surface area (Å²) < 4.78 is 2.40. The number of hydrogen-bond donors (Lipinski definition) is 0. The number of nitrogens with zero attached hydrogens (tertiary/aromatic N) is 1. The summed E-state index contributed by atoms with van der Waals surface area (Å²) in [6, 6.07) is 16.7. The molecule has 0 aromatic heterocycles. The molecule has 0 saturated heterocycles. The first-order valence-corrected chi connectivity index (χ1v) is 9.76. The van der Waals surface area contributed by atoms with E-state index in [1.807, 2.05) is 12.1 Å². The summed E-state index contributed by atoms with van der Waals surface area (Å²) in [5.41, 5.74) is 3.85. The first-order valence-electron chi connectivity index (χ1n) is 5.59. The Bertz CT molecular complexity index is 612. The van der Waals surface area contributed by atoms with E-state index in [-0.39, 0.29) is 7.84 Å². The highest BCUT2D eigenvalue weighted by Crippen LogP contribution is 2.44. The average molecular weight is 388 g/mol. The van der Waals surface area contributed by atoms with Gasteiger partial charge in [0.1, 0.15) is 0 Å².